The number of carbonyl (C=O) groups is 2. The fourth-order valence-electron chi connectivity index (χ4n) is 2.61. The maximum atomic E-state index is 12.4. The molecule has 0 aliphatic heterocycles. The van der Waals surface area contributed by atoms with Gasteiger partial charge < -0.3 is 16.8 Å². The number of benzene rings is 2. The standard InChI is InChI=1S/C19H23N3O2/c1-13(15-10-6-3-7-11-15)17(18(21)23)22-19(24)16(20)12-14-8-4-2-5-9-14/h2-11,13,16-17H,12,20H2,1H3,(H2,21,23)(H,22,24)/t13-,16-,17-/m0/s1. The largest absolute Gasteiger partial charge is 0.368 e. The molecule has 0 fully saturated rings. The van der Waals surface area contributed by atoms with E-state index in [4.69, 9.17) is 11.5 Å². The van der Waals surface area contributed by atoms with Gasteiger partial charge >= 0.3 is 0 Å². The number of hydrogen-bond donors (Lipinski definition) is 3. The van der Waals surface area contributed by atoms with Crippen LogP contribution in [0.4, 0.5) is 0 Å². The van der Waals surface area contributed by atoms with Crippen LogP contribution in [0.1, 0.15) is 24.0 Å². The Labute approximate surface area is 142 Å². The molecule has 24 heavy (non-hydrogen) atoms. The molecule has 2 aromatic rings. The van der Waals surface area contributed by atoms with Crippen molar-refractivity contribution in [3.05, 3.63) is 71.8 Å². The second-order valence-electron chi connectivity index (χ2n) is 5.88. The lowest BCUT2D eigenvalue weighted by Crippen LogP contribution is -2.53. The zero-order valence-electron chi connectivity index (χ0n) is 13.7. The van der Waals surface area contributed by atoms with E-state index in [9.17, 15) is 9.59 Å². The van der Waals surface area contributed by atoms with Crippen LogP contribution in [0, 0.1) is 0 Å². The number of carbonyl (C=O) groups excluding carboxylic acids is 2. The molecule has 0 radical (unpaired) electrons. The van der Waals surface area contributed by atoms with Gasteiger partial charge in [0.25, 0.3) is 0 Å². The van der Waals surface area contributed by atoms with Gasteiger partial charge in [0.05, 0.1) is 6.04 Å². The second kappa shape index (κ2) is 8.26. The van der Waals surface area contributed by atoms with Crippen LogP contribution in [0.2, 0.25) is 0 Å². The minimum atomic E-state index is -0.804. The summed E-state index contributed by atoms with van der Waals surface area (Å²) in [6.45, 7) is 1.85. The third-order valence-electron chi connectivity index (χ3n) is 4.06. The zero-order chi connectivity index (χ0) is 17.5. The highest BCUT2D eigenvalue weighted by Crippen LogP contribution is 2.19. The van der Waals surface area contributed by atoms with Crippen LogP contribution < -0.4 is 16.8 Å². The highest BCUT2D eigenvalue weighted by Gasteiger charge is 2.27. The van der Waals surface area contributed by atoms with Gasteiger partial charge in [-0.2, -0.15) is 0 Å². The molecular formula is C19H23N3O2. The third kappa shape index (κ3) is 4.67. The van der Waals surface area contributed by atoms with Crippen molar-refractivity contribution in [2.24, 2.45) is 11.5 Å². The predicted octanol–water partition coefficient (Wildman–Crippen LogP) is 1.33. The van der Waals surface area contributed by atoms with Crippen LogP contribution in [-0.2, 0) is 16.0 Å². The number of amides is 2. The van der Waals surface area contributed by atoms with Gasteiger partial charge in [0.1, 0.15) is 6.04 Å². The van der Waals surface area contributed by atoms with Crippen LogP contribution in [0.15, 0.2) is 60.7 Å². The summed E-state index contributed by atoms with van der Waals surface area (Å²) < 4.78 is 0. The second-order valence-corrected chi connectivity index (χ2v) is 5.88. The summed E-state index contributed by atoms with van der Waals surface area (Å²) >= 11 is 0. The van der Waals surface area contributed by atoms with Crippen molar-refractivity contribution in [1.82, 2.24) is 5.32 Å². The highest BCUT2D eigenvalue weighted by molar-refractivity contribution is 5.89. The van der Waals surface area contributed by atoms with E-state index in [0.29, 0.717) is 6.42 Å². The van der Waals surface area contributed by atoms with Gasteiger partial charge in [0, 0.05) is 5.92 Å². The first-order valence-corrected chi connectivity index (χ1v) is 7.93. The van der Waals surface area contributed by atoms with E-state index in [-0.39, 0.29) is 11.8 Å². The first kappa shape index (κ1) is 17.7. The molecule has 0 unspecified atom stereocenters. The molecule has 2 rings (SSSR count). The van der Waals surface area contributed by atoms with Crippen molar-refractivity contribution in [1.29, 1.82) is 0 Å². The lowest BCUT2D eigenvalue weighted by Gasteiger charge is -2.24. The van der Waals surface area contributed by atoms with Crippen molar-refractivity contribution < 1.29 is 9.59 Å². The van der Waals surface area contributed by atoms with E-state index in [1.54, 1.807) is 0 Å². The van der Waals surface area contributed by atoms with E-state index >= 15 is 0 Å². The predicted molar refractivity (Wildman–Crippen MR) is 94.1 cm³/mol. The molecule has 0 heterocycles. The molecule has 0 spiro atoms. The van der Waals surface area contributed by atoms with Crippen LogP contribution in [-0.4, -0.2) is 23.9 Å². The Bertz CT molecular complexity index is 674. The average Bonchev–Trinajstić information content (AvgIpc) is 2.60. The van der Waals surface area contributed by atoms with Crippen LogP contribution >= 0.6 is 0 Å². The molecule has 0 saturated carbocycles. The van der Waals surface area contributed by atoms with Gasteiger partial charge in [-0.3, -0.25) is 9.59 Å². The van der Waals surface area contributed by atoms with Crippen LogP contribution in [0.3, 0.4) is 0 Å². The summed E-state index contributed by atoms with van der Waals surface area (Å²) in [5, 5.41) is 2.70. The summed E-state index contributed by atoms with van der Waals surface area (Å²) in [5.74, 6) is -1.20. The minimum Gasteiger partial charge on any atom is -0.368 e. The number of rotatable bonds is 7. The SMILES string of the molecule is C[C@@H](c1ccccc1)[C@H](NC(=O)[C@@H](N)Cc1ccccc1)C(N)=O. The fraction of sp³-hybridized carbons (Fsp3) is 0.263. The monoisotopic (exact) mass is 325 g/mol. The topological polar surface area (TPSA) is 98.2 Å². The van der Waals surface area contributed by atoms with E-state index in [1.807, 2.05) is 67.6 Å². The van der Waals surface area contributed by atoms with Crippen molar-refractivity contribution in [2.75, 3.05) is 0 Å². The maximum absolute atomic E-state index is 12.4. The van der Waals surface area contributed by atoms with Gasteiger partial charge in [0.2, 0.25) is 11.8 Å². The van der Waals surface area contributed by atoms with Gasteiger partial charge in [-0.1, -0.05) is 67.6 Å². The minimum absolute atomic E-state index is 0.239. The first-order valence-electron chi connectivity index (χ1n) is 7.93. The van der Waals surface area contributed by atoms with Gasteiger partial charge in [-0.25, -0.2) is 0 Å². The average molecular weight is 325 g/mol. The summed E-state index contributed by atoms with van der Waals surface area (Å²) in [5.41, 5.74) is 13.3. The van der Waals surface area contributed by atoms with Crippen LogP contribution in [0.25, 0.3) is 0 Å². The Hall–Kier alpha value is -2.66. The quantitative estimate of drug-likeness (QED) is 0.716. The van der Waals surface area contributed by atoms with E-state index in [0.717, 1.165) is 11.1 Å². The normalized spacial score (nSPS) is 14.4. The van der Waals surface area contributed by atoms with Gasteiger partial charge in [0.15, 0.2) is 0 Å². The number of nitrogens with one attached hydrogen (secondary N) is 1. The lowest BCUT2D eigenvalue weighted by molar-refractivity contribution is -0.128. The Morgan fingerprint density at radius 3 is 2.08 bits per heavy atom. The smallest absolute Gasteiger partial charge is 0.240 e. The lowest BCUT2D eigenvalue weighted by atomic mass is 9.92. The molecule has 0 aromatic heterocycles. The third-order valence-corrected chi connectivity index (χ3v) is 4.06. The Morgan fingerprint density at radius 1 is 1.00 bits per heavy atom. The molecule has 5 N–H and O–H groups in total. The van der Waals surface area contributed by atoms with Crippen LogP contribution in [0.5, 0.6) is 0 Å². The van der Waals surface area contributed by atoms with Crippen molar-refractivity contribution >= 4 is 11.8 Å². The Morgan fingerprint density at radius 2 is 1.54 bits per heavy atom. The zero-order valence-corrected chi connectivity index (χ0v) is 13.7. The van der Waals surface area contributed by atoms with Gasteiger partial charge in [-0.15, -0.1) is 0 Å². The Balaban J connectivity index is 2.04. The molecule has 0 bridgehead atoms. The van der Waals surface area contributed by atoms with Crippen molar-refractivity contribution in [3.63, 3.8) is 0 Å². The maximum Gasteiger partial charge on any atom is 0.240 e. The van der Waals surface area contributed by atoms with Crippen molar-refractivity contribution in [2.45, 2.75) is 31.3 Å². The highest BCUT2D eigenvalue weighted by atomic mass is 16.2. The molecule has 0 aliphatic rings. The molecular weight excluding hydrogens is 302 g/mol. The Kier molecular flexibility index (Phi) is 6.09. The fourth-order valence-corrected chi connectivity index (χ4v) is 2.61. The number of nitrogens with two attached hydrogens (primary N) is 2. The molecule has 5 nitrogen and oxygen atoms in total. The molecule has 0 aliphatic carbocycles. The molecule has 2 aromatic carbocycles. The summed E-state index contributed by atoms with van der Waals surface area (Å²) in [4.78, 5) is 24.2. The molecule has 0 saturated heterocycles. The first-order chi connectivity index (χ1) is 11.5. The number of primary amides is 1. The van der Waals surface area contributed by atoms with Gasteiger partial charge in [-0.05, 0) is 17.5 Å². The summed E-state index contributed by atoms with van der Waals surface area (Å²) in [6.07, 6.45) is 0.401. The molecule has 3 atom stereocenters. The summed E-state index contributed by atoms with van der Waals surface area (Å²) in [7, 11) is 0. The number of hydrogen-bond acceptors (Lipinski definition) is 3. The molecule has 2 amide bonds. The van der Waals surface area contributed by atoms with E-state index in [1.165, 1.54) is 0 Å². The molecule has 5 heteroatoms. The van der Waals surface area contributed by atoms with Crippen molar-refractivity contribution in [3.8, 4) is 0 Å². The summed E-state index contributed by atoms with van der Waals surface area (Å²) in [6, 6.07) is 17.4. The van der Waals surface area contributed by atoms with E-state index in [2.05, 4.69) is 5.32 Å². The van der Waals surface area contributed by atoms with E-state index < -0.39 is 18.0 Å². The molecule has 126 valence electrons.